The molecule has 0 aromatic heterocycles. The van der Waals surface area contributed by atoms with Gasteiger partial charge in [-0.3, -0.25) is 0 Å². The molecule has 1 aliphatic rings. The van der Waals surface area contributed by atoms with Gasteiger partial charge in [-0.15, -0.1) is 0 Å². The van der Waals surface area contributed by atoms with Crippen LogP contribution < -0.4 is 0 Å². The van der Waals surface area contributed by atoms with Gasteiger partial charge in [-0.2, -0.15) is 0 Å². The lowest BCUT2D eigenvalue weighted by Gasteiger charge is -2.17. The molecule has 15 heavy (non-hydrogen) atoms. The zero-order valence-corrected chi connectivity index (χ0v) is 10.3. The minimum atomic E-state index is 0.567. The van der Waals surface area contributed by atoms with E-state index in [0.717, 1.165) is 10.9 Å². The number of hydrogen-bond donors (Lipinski definition) is 0. The van der Waals surface area contributed by atoms with Crippen molar-refractivity contribution in [2.24, 2.45) is 11.3 Å². The first-order valence-electron chi connectivity index (χ1n) is 5.80. The second kappa shape index (κ2) is 4.17. The van der Waals surface area contributed by atoms with Crippen LogP contribution in [0, 0.1) is 11.3 Å². The fourth-order valence-electron chi connectivity index (χ4n) is 2.71. The molecule has 1 saturated carbocycles. The zero-order chi connectivity index (χ0) is 10.9. The molecule has 1 heteroatoms. The van der Waals surface area contributed by atoms with Gasteiger partial charge in [0.05, 0.1) is 0 Å². The Morgan fingerprint density at radius 2 is 1.93 bits per heavy atom. The summed E-state index contributed by atoms with van der Waals surface area (Å²) in [5, 5.41) is 0.838. The molecule has 0 nitrogen and oxygen atoms in total. The van der Waals surface area contributed by atoms with Crippen molar-refractivity contribution >= 4 is 11.6 Å². The Labute approximate surface area is 97.6 Å². The molecule has 1 unspecified atom stereocenters. The average molecular weight is 223 g/mol. The highest BCUT2D eigenvalue weighted by Crippen LogP contribution is 2.42. The predicted octanol–water partition coefficient (Wildman–Crippen LogP) is 4.71. The summed E-state index contributed by atoms with van der Waals surface area (Å²) in [7, 11) is 0. The van der Waals surface area contributed by atoms with Gasteiger partial charge in [0.2, 0.25) is 0 Å². The van der Waals surface area contributed by atoms with Crippen LogP contribution in [-0.4, -0.2) is 0 Å². The molecular formula is C14H19Cl. The van der Waals surface area contributed by atoms with Crippen molar-refractivity contribution in [3.05, 3.63) is 34.9 Å². The molecule has 1 aliphatic carbocycles. The van der Waals surface area contributed by atoms with E-state index in [1.807, 2.05) is 12.1 Å². The molecule has 1 atom stereocenters. The van der Waals surface area contributed by atoms with E-state index >= 15 is 0 Å². The first-order valence-corrected chi connectivity index (χ1v) is 6.17. The van der Waals surface area contributed by atoms with Gasteiger partial charge in [0.1, 0.15) is 0 Å². The van der Waals surface area contributed by atoms with Gasteiger partial charge in [0.25, 0.3) is 0 Å². The van der Waals surface area contributed by atoms with Crippen LogP contribution in [0.4, 0.5) is 0 Å². The Hall–Kier alpha value is -0.490. The average Bonchev–Trinajstić information content (AvgIpc) is 2.50. The van der Waals surface area contributed by atoms with Gasteiger partial charge in [-0.05, 0) is 54.7 Å². The maximum absolute atomic E-state index is 5.87. The van der Waals surface area contributed by atoms with Crippen LogP contribution in [0.5, 0.6) is 0 Å². The van der Waals surface area contributed by atoms with Crippen LogP contribution in [0.15, 0.2) is 24.3 Å². The molecular weight excluding hydrogens is 204 g/mol. The van der Waals surface area contributed by atoms with E-state index in [1.54, 1.807) is 0 Å². The molecule has 1 fully saturated rings. The molecule has 0 N–H and O–H groups in total. The Morgan fingerprint density at radius 1 is 1.27 bits per heavy atom. The van der Waals surface area contributed by atoms with Crippen molar-refractivity contribution in [2.75, 3.05) is 0 Å². The molecule has 1 aromatic rings. The van der Waals surface area contributed by atoms with Crippen molar-refractivity contribution in [1.29, 1.82) is 0 Å². The highest BCUT2D eigenvalue weighted by molar-refractivity contribution is 6.30. The second-order valence-electron chi connectivity index (χ2n) is 5.60. The van der Waals surface area contributed by atoms with Crippen molar-refractivity contribution in [3.8, 4) is 0 Å². The lowest BCUT2D eigenvalue weighted by Crippen LogP contribution is -2.06. The molecule has 0 bridgehead atoms. The van der Waals surface area contributed by atoms with Crippen molar-refractivity contribution in [2.45, 2.75) is 39.5 Å². The van der Waals surface area contributed by atoms with E-state index in [2.05, 4.69) is 26.0 Å². The summed E-state index contributed by atoms with van der Waals surface area (Å²) in [6, 6.07) is 8.31. The van der Waals surface area contributed by atoms with Crippen LogP contribution in [0.25, 0.3) is 0 Å². The van der Waals surface area contributed by atoms with Crippen molar-refractivity contribution < 1.29 is 0 Å². The van der Waals surface area contributed by atoms with Crippen LogP contribution in [0.3, 0.4) is 0 Å². The minimum absolute atomic E-state index is 0.567. The van der Waals surface area contributed by atoms with Gasteiger partial charge < -0.3 is 0 Å². The van der Waals surface area contributed by atoms with E-state index in [1.165, 1.54) is 31.2 Å². The molecule has 1 aromatic carbocycles. The standard InChI is InChI=1S/C14H19Cl/c1-14(2)8-7-12(10-14)9-11-3-5-13(15)6-4-11/h3-6,12H,7-10H2,1-2H3. The first kappa shape index (κ1) is 11.0. The van der Waals surface area contributed by atoms with E-state index in [0.29, 0.717) is 5.41 Å². The van der Waals surface area contributed by atoms with Gasteiger partial charge in [0.15, 0.2) is 0 Å². The van der Waals surface area contributed by atoms with E-state index in [9.17, 15) is 0 Å². The lowest BCUT2D eigenvalue weighted by atomic mass is 9.89. The number of benzene rings is 1. The van der Waals surface area contributed by atoms with Crippen LogP contribution >= 0.6 is 11.6 Å². The number of rotatable bonds is 2. The van der Waals surface area contributed by atoms with Gasteiger partial charge >= 0.3 is 0 Å². The summed E-state index contributed by atoms with van der Waals surface area (Å²) in [5.74, 6) is 0.876. The molecule has 0 saturated heterocycles. The number of halogens is 1. The third kappa shape index (κ3) is 2.98. The summed E-state index contributed by atoms with van der Waals surface area (Å²) in [6.07, 6.45) is 5.36. The predicted molar refractivity (Wildman–Crippen MR) is 66.3 cm³/mol. The van der Waals surface area contributed by atoms with Crippen molar-refractivity contribution in [1.82, 2.24) is 0 Å². The smallest absolute Gasteiger partial charge is 0.0406 e. The zero-order valence-electron chi connectivity index (χ0n) is 9.59. The molecule has 2 rings (SSSR count). The minimum Gasteiger partial charge on any atom is -0.0843 e. The fraction of sp³-hybridized carbons (Fsp3) is 0.571. The molecule has 0 heterocycles. The Morgan fingerprint density at radius 3 is 2.47 bits per heavy atom. The summed E-state index contributed by atoms with van der Waals surface area (Å²) >= 11 is 5.87. The summed E-state index contributed by atoms with van der Waals surface area (Å²) < 4.78 is 0. The van der Waals surface area contributed by atoms with E-state index < -0.39 is 0 Å². The maximum Gasteiger partial charge on any atom is 0.0406 e. The van der Waals surface area contributed by atoms with Crippen LogP contribution in [0.1, 0.15) is 38.7 Å². The second-order valence-corrected chi connectivity index (χ2v) is 6.04. The van der Waals surface area contributed by atoms with Crippen LogP contribution in [0.2, 0.25) is 5.02 Å². The lowest BCUT2D eigenvalue weighted by molar-refractivity contribution is 0.360. The summed E-state index contributed by atoms with van der Waals surface area (Å²) in [6.45, 7) is 4.77. The third-order valence-corrected chi connectivity index (χ3v) is 3.76. The molecule has 0 amide bonds. The van der Waals surface area contributed by atoms with E-state index in [4.69, 9.17) is 11.6 Å². The van der Waals surface area contributed by atoms with Crippen LogP contribution in [-0.2, 0) is 6.42 Å². The maximum atomic E-state index is 5.87. The van der Waals surface area contributed by atoms with Gasteiger partial charge in [0, 0.05) is 5.02 Å². The highest BCUT2D eigenvalue weighted by Gasteiger charge is 2.30. The highest BCUT2D eigenvalue weighted by atomic mass is 35.5. The summed E-state index contributed by atoms with van der Waals surface area (Å²) in [5.41, 5.74) is 2.00. The van der Waals surface area contributed by atoms with Gasteiger partial charge in [-0.1, -0.05) is 37.6 Å². The van der Waals surface area contributed by atoms with Gasteiger partial charge in [-0.25, -0.2) is 0 Å². The molecule has 0 aliphatic heterocycles. The van der Waals surface area contributed by atoms with E-state index in [-0.39, 0.29) is 0 Å². The summed E-state index contributed by atoms with van der Waals surface area (Å²) in [4.78, 5) is 0. The largest absolute Gasteiger partial charge is 0.0843 e. The van der Waals surface area contributed by atoms with Crippen molar-refractivity contribution in [3.63, 3.8) is 0 Å². The molecule has 0 spiro atoms. The Kier molecular flexibility index (Phi) is 3.06. The molecule has 0 radical (unpaired) electrons. The third-order valence-electron chi connectivity index (χ3n) is 3.51. The fourth-order valence-corrected chi connectivity index (χ4v) is 2.83. The number of hydrogen-bond acceptors (Lipinski definition) is 0. The quantitative estimate of drug-likeness (QED) is 0.680. The monoisotopic (exact) mass is 222 g/mol. The topological polar surface area (TPSA) is 0 Å². The normalized spacial score (nSPS) is 24.3. The Bertz CT molecular complexity index is 324. The first-order chi connectivity index (χ1) is 7.05. The Balaban J connectivity index is 1.96. The SMILES string of the molecule is CC1(C)CCC(Cc2ccc(Cl)cc2)C1. The molecule has 82 valence electrons.